The quantitative estimate of drug-likeness (QED) is 0.385. The molecule has 1 N–H and O–H groups in total. The predicted octanol–water partition coefficient (Wildman–Crippen LogP) is 4.49. The van der Waals surface area contributed by atoms with Crippen LogP contribution in [0.3, 0.4) is 0 Å². The minimum atomic E-state index is -0.303. The number of nitrogens with one attached hydrogen (secondary N) is 1. The van der Waals surface area contributed by atoms with Crippen LogP contribution in [-0.2, 0) is 11.2 Å². The summed E-state index contributed by atoms with van der Waals surface area (Å²) in [6.45, 7) is 3.77. The topological polar surface area (TPSA) is 47.6 Å². The molecule has 0 saturated heterocycles. The van der Waals surface area contributed by atoms with E-state index in [0.29, 0.717) is 5.56 Å². The van der Waals surface area contributed by atoms with Gasteiger partial charge in [0.05, 0.1) is 19.3 Å². The van der Waals surface area contributed by atoms with Gasteiger partial charge in [-0.05, 0) is 66.8 Å². The molecule has 0 aliphatic heterocycles. The van der Waals surface area contributed by atoms with Crippen molar-refractivity contribution in [2.24, 2.45) is 0 Å². The average molecular weight is 359 g/mol. The molecule has 2 rings (SSSR count). The van der Waals surface area contributed by atoms with E-state index in [1.54, 1.807) is 24.1 Å². The van der Waals surface area contributed by atoms with Crippen LogP contribution in [0.4, 0.5) is 0 Å². The average Bonchev–Trinajstić information content (AvgIpc) is 2.66. The van der Waals surface area contributed by atoms with E-state index in [9.17, 15) is 4.79 Å². The number of esters is 1. The Labute approximate surface area is 154 Å². The highest BCUT2D eigenvalue weighted by molar-refractivity contribution is 7.97. The highest BCUT2D eigenvalue weighted by Gasteiger charge is 2.04. The van der Waals surface area contributed by atoms with E-state index in [0.717, 1.165) is 43.1 Å². The van der Waals surface area contributed by atoms with Gasteiger partial charge in [-0.25, -0.2) is 4.79 Å². The van der Waals surface area contributed by atoms with Crippen LogP contribution in [0.1, 0.15) is 35.7 Å². The molecular formula is C20H25NO3S. The lowest BCUT2D eigenvalue weighted by Gasteiger charge is -2.07. The number of hydrogen-bond donors (Lipinski definition) is 1. The highest BCUT2D eigenvalue weighted by Crippen LogP contribution is 2.19. The summed E-state index contributed by atoms with van der Waals surface area (Å²) in [5, 5.41) is 0. The molecule has 0 radical (unpaired) electrons. The summed E-state index contributed by atoms with van der Waals surface area (Å²) < 4.78 is 13.7. The summed E-state index contributed by atoms with van der Waals surface area (Å²) in [6, 6.07) is 15.6. The van der Waals surface area contributed by atoms with E-state index < -0.39 is 0 Å². The number of carbonyl (C=O) groups is 1. The third kappa shape index (κ3) is 6.80. The van der Waals surface area contributed by atoms with Gasteiger partial charge < -0.3 is 9.47 Å². The van der Waals surface area contributed by atoms with Crippen LogP contribution in [0, 0.1) is 0 Å². The lowest BCUT2D eigenvalue weighted by molar-refractivity contribution is 0.0600. The predicted molar refractivity (Wildman–Crippen MR) is 102 cm³/mol. The van der Waals surface area contributed by atoms with Crippen LogP contribution in [0.5, 0.6) is 5.75 Å². The Morgan fingerprint density at radius 3 is 2.44 bits per heavy atom. The van der Waals surface area contributed by atoms with Crippen molar-refractivity contribution in [3.63, 3.8) is 0 Å². The van der Waals surface area contributed by atoms with E-state index in [1.807, 2.05) is 24.3 Å². The van der Waals surface area contributed by atoms with Gasteiger partial charge in [0.2, 0.25) is 0 Å². The maximum Gasteiger partial charge on any atom is 0.337 e. The Morgan fingerprint density at radius 2 is 1.80 bits per heavy atom. The molecule has 0 bridgehead atoms. The molecule has 0 spiro atoms. The smallest absolute Gasteiger partial charge is 0.337 e. The van der Waals surface area contributed by atoms with Gasteiger partial charge in [-0.1, -0.05) is 25.5 Å². The summed E-state index contributed by atoms with van der Waals surface area (Å²) in [7, 11) is 1.39. The van der Waals surface area contributed by atoms with Gasteiger partial charge in [0.1, 0.15) is 5.75 Å². The zero-order chi connectivity index (χ0) is 17.9. The standard InChI is InChI=1S/C20H25NO3S/c1-3-4-15-24-18-9-11-19(12-10-18)25-21-14-13-16-5-7-17(8-6-16)20(22)23-2/h5-12,21H,3-4,13-15H2,1-2H3. The number of benzene rings is 2. The summed E-state index contributed by atoms with van der Waals surface area (Å²) in [5.41, 5.74) is 1.76. The fourth-order valence-electron chi connectivity index (χ4n) is 2.19. The minimum absolute atomic E-state index is 0.303. The lowest BCUT2D eigenvalue weighted by atomic mass is 10.1. The van der Waals surface area contributed by atoms with E-state index in [-0.39, 0.29) is 5.97 Å². The van der Waals surface area contributed by atoms with Gasteiger partial charge in [0.15, 0.2) is 0 Å². The van der Waals surface area contributed by atoms with Gasteiger partial charge >= 0.3 is 5.97 Å². The van der Waals surface area contributed by atoms with E-state index >= 15 is 0 Å². The third-order valence-electron chi connectivity index (χ3n) is 3.67. The molecule has 0 fully saturated rings. The molecule has 0 atom stereocenters. The summed E-state index contributed by atoms with van der Waals surface area (Å²) >= 11 is 1.61. The Balaban J connectivity index is 1.69. The summed E-state index contributed by atoms with van der Waals surface area (Å²) in [4.78, 5) is 12.5. The first-order chi connectivity index (χ1) is 12.2. The van der Waals surface area contributed by atoms with Crippen molar-refractivity contribution < 1.29 is 14.3 Å². The van der Waals surface area contributed by atoms with Gasteiger partial charge in [0.25, 0.3) is 0 Å². The van der Waals surface area contributed by atoms with Crippen LogP contribution in [0.2, 0.25) is 0 Å². The molecular weight excluding hydrogens is 334 g/mol. The minimum Gasteiger partial charge on any atom is -0.494 e. The third-order valence-corrected chi connectivity index (χ3v) is 4.53. The van der Waals surface area contributed by atoms with Crippen molar-refractivity contribution in [3.05, 3.63) is 59.7 Å². The number of carbonyl (C=O) groups excluding carboxylic acids is 1. The Bertz CT molecular complexity index is 641. The Morgan fingerprint density at radius 1 is 1.08 bits per heavy atom. The maximum atomic E-state index is 11.4. The molecule has 0 amide bonds. The second-order valence-corrected chi connectivity index (χ2v) is 6.57. The van der Waals surface area contributed by atoms with Gasteiger partial charge in [0, 0.05) is 11.4 Å². The second kappa shape index (κ2) is 10.8. The molecule has 0 heterocycles. The summed E-state index contributed by atoms with van der Waals surface area (Å²) in [6.07, 6.45) is 3.12. The second-order valence-electron chi connectivity index (χ2n) is 5.61. The molecule has 0 saturated carbocycles. The first-order valence-electron chi connectivity index (χ1n) is 8.52. The number of hydrogen-bond acceptors (Lipinski definition) is 5. The first-order valence-corrected chi connectivity index (χ1v) is 9.34. The van der Waals surface area contributed by atoms with Crippen molar-refractivity contribution in [2.75, 3.05) is 20.3 Å². The van der Waals surface area contributed by atoms with Crippen LogP contribution in [0.15, 0.2) is 53.4 Å². The molecule has 2 aromatic rings. The van der Waals surface area contributed by atoms with E-state index in [2.05, 4.69) is 23.8 Å². The van der Waals surface area contributed by atoms with Crippen molar-refractivity contribution in [1.29, 1.82) is 0 Å². The maximum absolute atomic E-state index is 11.4. The van der Waals surface area contributed by atoms with Gasteiger partial charge in [-0.2, -0.15) is 0 Å². The van der Waals surface area contributed by atoms with Crippen molar-refractivity contribution in [3.8, 4) is 5.75 Å². The molecule has 0 aliphatic rings. The molecule has 2 aromatic carbocycles. The largest absolute Gasteiger partial charge is 0.494 e. The summed E-state index contributed by atoms with van der Waals surface area (Å²) in [5.74, 6) is 0.617. The highest BCUT2D eigenvalue weighted by atomic mass is 32.2. The molecule has 0 aliphatic carbocycles. The van der Waals surface area contributed by atoms with E-state index in [4.69, 9.17) is 9.47 Å². The molecule has 5 heteroatoms. The number of unbranched alkanes of at least 4 members (excludes halogenated alkanes) is 1. The number of rotatable bonds is 10. The zero-order valence-corrected chi connectivity index (χ0v) is 15.6. The Kier molecular flexibility index (Phi) is 8.35. The Hall–Kier alpha value is -1.98. The van der Waals surface area contributed by atoms with E-state index in [1.165, 1.54) is 12.7 Å². The van der Waals surface area contributed by atoms with Crippen LogP contribution >= 0.6 is 11.9 Å². The first kappa shape index (κ1) is 19.3. The monoisotopic (exact) mass is 359 g/mol. The van der Waals surface area contributed by atoms with Crippen LogP contribution in [-0.4, -0.2) is 26.2 Å². The normalized spacial score (nSPS) is 10.5. The van der Waals surface area contributed by atoms with Crippen molar-refractivity contribution >= 4 is 17.9 Å². The fraction of sp³-hybridized carbons (Fsp3) is 0.350. The number of methoxy groups -OCH3 is 1. The number of ether oxygens (including phenoxy) is 2. The van der Waals surface area contributed by atoms with Crippen molar-refractivity contribution in [1.82, 2.24) is 4.72 Å². The molecule has 25 heavy (non-hydrogen) atoms. The molecule has 4 nitrogen and oxygen atoms in total. The zero-order valence-electron chi connectivity index (χ0n) is 14.8. The molecule has 0 unspecified atom stereocenters. The fourth-order valence-corrected chi connectivity index (χ4v) is 2.84. The van der Waals surface area contributed by atoms with Crippen LogP contribution < -0.4 is 9.46 Å². The molecule has 134 valence electrons. The van der Waals surface area contributed by atoms with Gasteiger partial charge in [-0.15, -0.1) is 0 Å². The van der Waals surface area contributed by atoms with Gasteiger partial charge in [-0.3, -0.25) is 4.72 Å². The molecule has 0 aromatic heterocycles. The lowest BCUT2D eigenvalue weighted by Crippen LogP contribution is -2.08. The van der Waals surface area contributed by atoms with Crippen LogP contribution in [0.25, 0.3) is 0 Å². The van der Waals surface area contributed by atoms with Crippen molar-refractivity contribution in [2.45, 2.75) is 31.1 Å². The SMILES string of the molecule is CCCCOc1ccc(SNCCc2ccc(C(=O)OC)cc2)cc1.